The van der Waals surface area contributed by atoms with Crippen LogP contribution < -0.4 is 5.32 Å². The number of amides is 1. The van der Waals surface area contributed by atoms with Crippen LogP contribution in [0.4, 0.5) is 0 Å². The molecule has 0 spiro atoms. The molecule has 1 N–H and O–H groups in total. The van der Waals surface area contributed by atoms with Crippen LogP contribution in [0.5, 0.6) is 0 Å². The van der Waals surface area contributed by atoms with E-state index in [1.807, 2.05) is 24.3 Å². The Morgan fingerprint density at radius 2 is 2.09 bits per heavy atom. The number of carbonyl (C=O) groups is 1. The highest BCUT2D eigenvalue weighted by molar-refractivity contribution is 8.00. The van der Waals surface area contributed by atoms with Gasteiger partial charge >= 0.3 is 0 Å². The van der Waals surface area contributed by atoms with Crippen LogP contribution in [0, 0.1) is 0 Å². The average molecular weight is 331 g/mol. The first-order valence-electron chi connectivity index (χ1n) is 7.86. The van der Waals surface area contributed by atoms with Gasteiger partial charge in [-0.1, -0.05) is 36.0 Å². The summed E-state index contributed by atoms with van der Waals surface area (Å²) < 4.78 is 5.31. The fraction of sp³-hybridized carbons (Fsp3) is 0.412. The number of carbonyl (C=O) groups excluding carboxylic acids is 1. The normalized spacial score (nSPS) is 15.7. The highest BCUT2D eigenvalue weighted by Gasteiger charge is 2.11. The second-order valence-electron chi connectivity index (χ2n) is 5.43. The number of ether oxygens (including phenoxy) is 1. The fourth-order valence-electron chi connectivity index (χ4n) is 2.57. The monoisotopic (exact) mass is 331 g/mol. The first-order chi connectivity index (χ1) is 11.3. The Kier molecular flexibility index (Phi) is 5.85. The van der Waals surface area contributed by atoms with Crippen LogP contribution in [-0.2, 0) is 9.53 Å². The molecule has 1 aliphatic rings. The Morgan fingerprint density at radius 3 is 2.96 bits per heavy atom. The number of nitrogens with zero attached hydrogens (tertiary/aromatic N) is 2. The van der Waals surface area contributed by atoms with E-state index in [1.54, 1.807) is 6.20 Å². The summed E-state index contributed by atoms with van der Waals surface area (Å²) in [5.41, 5.74) is 0. The van der Waals surface area contributed by atoms with Gasteiger partial charge in [0, 0.05) is 37.8 Å². The van der Waals surface area contributed by atoms with Crippen molar-refractivity contribution in [3.05, 3.63) is 36.5 Å². The molecule has 3 rings (SSSR count). The van der Waals surface area contributed by atoms with E-state index in [0.717, 1.165) is 48.6 Å². The summed E-state index contributed by atoms with van der Waals surface area (Å²) in [6.07, 6.45) is 1.79. The molecule has 0 bridgehead atoms. The van der Waals surface area contributed by atoms with Gasteiger partial charge in [-0.15, -0.1) is 0 Å². The predicted octanol–water partition coefficient (Wildman–Crippen LogP) is 1.78. The number of hydrogen-bond acceptors (Lipinski definition) is 5. The predicted molar refractivity (Wildman–Crippen MR) is 92.7 cm³/mol. The summed E-state index contributed by atoms with van der Waals surface area (Å²) in [6.45, 7) is 5.04. The molecular weight excluding hydrogens is 310 g/mol. The van der Waals surface area contributed by atoms with Crippen molar-refractivity contribution in [1.82, 2.24) is 15.2 Å². The molecule has 1 fully saturated rings. The fourth-order valence-corrected chi connectivity index (χ4v) is 3.42. The van der Waals surface area contributed by atoms with Crippen LogP contribution in [0.15, 0.2) is 41.6 Å². The van der Waals surface area contributed by atoms with E-state index in [4.69, 9.17) is 4.74 Å². The molecule has 1 saturated heterocycles. The third-order valence-electron chi connectivity index (χ3n) is 3.83. The molecule has 1 aromatic carbocycles. The summed E-state index contributed by atoms with van der Waals surface area (Å²) in [4.78, 5) is 18.7. The van der Waals surface area contributed by atoms with Crippen LogP contribution in [-0.4, -0.2) is 60.9 Å². The van der Waals surface area contributed by atoms with E-state index in [9.17, 15) is 4.79 Å². The topological polar surface area (TPSA) is 54.5 Å². The van der Waals surface area contributed by atoms with E-state index in [2.05, 4.69) is 21.3 Å². The van der Waals surface area contributed by atoms with Gasteiger partial charge in [0.1, 0.15) is 5.03 Å². The van der Waals surface area contributed by atoms with Gasteiger partial charge in [-0.3, -0.25) is 9.69 Å². The molecule has 0 saturated carbocycles. The lowest BCUT2D eigenvalue weighted by Crippen LogP contribution is -2.41. The summed E-state index contributed by atoms with van der Waals surface area (Å²) in [7, 11) is 0. The molecule has 0 radical (unpaired) electrons. The largest absolute Gasteiger partial charge is 0.379 e. The molecule has 0 aliphatic carbocycles. The van der Waals surface area contributed by atoms with Gasteiger partial charge in [0.25, 0.3) is 0 Å². The van der Waals surface area contributed by atoms with Crippen molar-refractivity contribution in [2.45, 2.75) is 5.03 Å². The molecule has 0 atom stereocenters. The molecule has 2 aromatic rings. The Morgan fingerprint density at radius 1 is 1.26 bits per heavy atom. The summed E-state index contributed by atoms with van der Waals surface area (Å²) in [5.74, 6) is 0.447. The first kappa shape index (κ1) is 16.2. The van der Waals surface area contributed by atoms with E-state index >= 15 is 0 Å². The van der Waals surface area contributed by atoms with Crippen molar-refractivity contribution in [3.63, 3.8) is 0 Å². The SMILES string of the molecule is O=C(CSc1nccc2ccccc12)NCCN1CCOCC1. The summed E-state index contributed by atoms with van der Waals surface area (Å²) >= 11 is 1.49. The highest BCUT2D eigenvalue weighted by atomic mass is 32.2. The van der Waals surface area contributed by atoms with E-state index in [-0.39, 0.29) is 5.91 Å². The highest BCUT2D eigenvalue weighted by Crippen LogP contribution is 2.25. The zero-order valence-electron chi connectivity index (χ0n) is 13.0. The van der Waals surface area contributed by atoms with Gasteiger partial charge in [-0.2, -0.15) is 0 Å². The van der Waals surface area contributed by atoms with Crippen molar-refractivity contribution >= 4 is 28.4 Å². The number of pyridine rings is 1. The minimum absolute atomic E-state index is 0.0537. The quantitative estimate of drug-likeness (QED) is 0.818. The molecule has 1 amide bonds. The smallest absolute Gasteiger partial charge is 0.230 e. The van der Waals surface area contributed by atoms with E-state index in [1.165, 1.54) is 11.8 Å². The summed E-state index contributed by atoms with van der Waals surface area (Å²) in [6, 6.07) is 10.1. The second kappa shape index (κ2) is 8.29. The lowest BCUT2D eigenvalue weighted by molar-refractivity contribution is -0.118. The van der Waals surface area contributed by atoms with Crippen molar-refractivity contribution in [2.24, 2.45) is 0 Å². The Balaban J connectivity index is 1.45. The molecule has 2 heterocycles. The minimum atomic E-state index is 0.0537. The minimum Gasteiger partial charge on any atom is -0.379 e. The number of benzene rings is 1. The second-order valence-corrected chi connectivity index (χ2v) is 6.39. The average Bonchev–Trinajstić information content (AvgIpc) is 2.61. The number of nitrogens with one attached hydrogen (secondary N) is 1. The van der Waals surface area contributed by atoms with Crippen LogP contribution in [0.2, 0.25) is 0 Å². The lowest BCUT2D eigenvalue weighted by atomic mass is 10.2. The standard InChI is InChI=1S/C17H21N3O2S/c21-16(18-7-8-20-9-11-22-12-10-20)13-23-17-15-4-2-1-3-14(15)5-6-19-17/h1-6H,7-13H2,(H,18,21). The van der Waals surface area contributed by atoms with Crippen LogP contribution in [0.1, 0.15) is 0 Å². The van der Waals surface area contributed by atoms with Gasteiger partial charge in [-0.25, -0.2) is 4.98 Å². The zero-order chi connectivity index (χ0) is 15.9. The molecule has 23 heavy (non-hydrogen) atoms. The van der Waals surface area contributed by atoms with Gasteiger partial charge in [0.2, 0.25) is 5.91 Å². The van der Waals surface area contributed by atoms with Crippen LogP contribution in [0.3, 0.4) is 0 Å². The lowest BCUT2D eigenvalue weighted by Gasteiger charge is -2.26. The van der Waals surface area contributed by atoms with E-state index < -0.39 is 0 Å². The Bertz CT molecular complexity index is 654. The van der Waals surface area contributed by atoms with Crippen molar-refractivity contribution in [1.29, 1.82) is 0 Å². The summed E-state index contributed by atoms with van der Waals surface area (Å²) in [5, 5.41) is 6.14. The van der Waals surface area contributed by atoms with Crippen molar-refractivity contribution in [2.75, 3.05) is 45.1 Å². The number of rotatable bonds is 6. The number of thioether (sulfide) groups is 1. The molecule has 1 aromatic heterocycles. The van der Waals surface area contributed by atoms with Gasteiger partial charge in [0.05, 0.1) is 19.0 Å². The first-order valence-corrected chi connectivity index (χ1v) is 8.85. The van der Waals surface area contributed by atoms with Crippen molar-refractivity contribution in [3.8, 4) is 0 Å². The van der Waals surface area contributed by atoms with Gasteiger partial charge in [-0.05, 0) is 11.5 Å². The van der Waals surface area contributed by atoms with Gasteiger partial charge in [0.15, 0.2) is 0 Å². The molecule has 5 nitrogen and oxygen atoms in total. The third-order valence-corrected chi connectivity index (χ3v) is 4.84. The molecule has 0 unspecified atom stereocenters. The maximum absolute atomic E-state index is 12.0. The number of morpholine rings is 1. The van der Waals surface area contributed by atoms with Crippen molar-refractivity contribution < 1.29 is 9.53 Å². The Hall–Kier alpha value is -1.63. The third kappa shape index (κ3) is 4.67. The Labute approximate surface area is 140 Å². The maximum atomic E-state index is 12.0. The molecule has 1 aliphatic heterocycles. The zero-order valence-corrected chi connectivity index (χ0v) is 13.8. The maximum Gasteiger partial charge on any atom is 0.230 e. The van der Waals surface area contributed by atoms with Crippen LogP contribution >= 0.6 is 11.8 Å². The number of hydrogen-bond donors (Lipinski definition) is 1. The molecular formula is C17H21N3O2S. The van der Waals surface area contributed by atoms with Gasteiger partial charge < -0.3 is 10.1 Å². The van der Waals surface area contributed by atoms with E-state index in [0.29, 0.717) is 12.3 Å². The molecule has 6 heteroatoms. The number of aromatic nitrogens is 1. The van der Waals surface area contributed by atoms with Crippen LogP contribution in [0.25, 0.3) is 10.8 Å². The molecule has 122 valence electrons. The number of fused-ring (bicyclic) bond motifs is 1.